The van der Waals surface area contributed by atoms with E-state index in [1.165, 1.54) is 5.57 Å². The number of carbonyl (C=O) groups is 1. The van der Waals surface area contributed by atoms with Crippen LogP contribution in [0.1, 0.15) is 35.2 Å². The Bertz CT molecular complexity index is 1390. The van der Waals surface area contributed by atoms with Crippen LogP contribution in [0.15, 0.2) is 59.0 Å². The van der Waals surface area contributed by atoms with Crippen LogP contribution in [-0.2, 0) is 0 Å². The summed E-state index contributed by atoms with van der Waals surface area (Å²) in [4.78, 5) is 19.2. The molecule has 0 radical (unpaired) electrons. The Labute approximate surface area is 165 Å². The molecule has 4 aromatic rings. The summed E-state index contributed by atoms with van der Waals surface area (Å²) in [6.45, 7) is 0. The topological polar surface area (TPSA) is 87.4 Å². The van der Waals surface area contributed by atoms with E-state index < -0.39 is 0 Å². The maximum atomic E-state index is 12.9. The van der Waals surface area contributed by atoms with Crippen LogP contribution in [0.5, 0.6) is 0 Å². The Morgan fingerprint density at radius 1 is 1.28 bits per heavy atom. The third-order valence-electron chi connectivity index (χ3n) is 5.84. The van der Waals surface area contributed by atoms with Gasteiger partial charge in [-0.25, -0.2) is 4.98 Å². The predicted molar refractivity (Wildman–Crippen MR) is 105 cm³/mol. The fourth-order valence-electron chi connectivity index (χ4n) is 4.37. The van der Waals surface area contributed by atoms with Crippen molar-refractivity contribution in [2.45, 2.75) is 25.3 Å². The third-order valence-corrected chi connectivity index (χ3v) is 5.84. The average Bonchev–Trinajstić information content (AvgIpc) is 3.54. The van der Waals surface area contributed by atoms with E-state index in [4.69, 9.17) is 4.52 Å². The maximum Gasteiger partial charge on any atom is 0.258 e. The molecule has 0 spiro atoms. The second-order valence-corrected chi connectivity index (χ2v) is 7.54. The Morgan fingerprint density at radius 2 is 2.21 bits per heavy atom. The summed E-state index contributed by atoms with van der Waals surface area (Å²) in [5.74, 6) is -0.00184. The Morgan fingerprint density at radius 3 is 3.00 bits per heavy atom. The molecule has 1 saturated carbocycles. The van der Waals surface area contributed by atoms with E-state index in [1.54, 1.807) is 30.6 Å². The van der Waals surface area contributed by atoms with E-state index >= 15 is 0 Å². The molecule has 2 bridgehead atoms. The van der Waals surface area contributed by atoms with Gasteiger partial charge >= 0.3 is 0 Å². The molecule has 6 rings (SSSR count). The first-order valence-corrected chi connectivity index (χ1v) is 9.50. The van der Waals surface area contributed by atoms with Gasteiger partial charge < -0.3 is 9.42 Å². The first-order chi connectivity index (χ1) is 14.2. The highest BCUT2D eigenvalue weighted by molar-refractivity contribution is 6.00. The lowest BCUT2D eigenvalue weighted by molar-refractivity contribution is 0.0781. The van der Waals surface area contributed by atoms with Gasteiger partial charge in [0.1, 0.15) is 17.4 Å². The fourth-order valence-corrected chi connectivity index (χ4v) is 4.37. The van der Waals surface area contributed by atoms with Gasteiger partial charge in [0, 0.05) is 24.0 Å². The fraction of sp³-hybridized carbons (Fsp3) is 0.182. The molecule has 7 heteroatoms. The van der Waals surface area contributed by atoms with Crippen molar-refractivity contribution in [3.63, 3.8) is 0 Å². The van der Waals surface area contributed by atoms with Crippen molar-refractivity contribution in [1.82, 2.24) is 19.4 Å². The summed E-state index contributed by atoms with van der Waals surface area (Å²) in [6.07, 6.45) is 8.58. The number of imidazole rings is 1. The molecule has 1 amide bonds. The minimum Gasteiger partial charge on any atom is -0.356 e. The number of nitriles is 1. The van der Waals surface area contributed by atoms with Crippen LogP contribution in [0.25, 0.3) is 28.0 Å². The molecule has 1 aromatic carbocycles. The van der Waals surface area contributed by atoms with Crippen molar-refractivity contribution < 1.29 is 9.32 Å². The zero-order valence-corrected chi connectivity index (χ0v) is 15.4. The van der Waals surface area contributed by atoms with Gasteiger partial charge in [-0.1, -0.05) is 10.7 Å². The van der Waals surface area contributed by atoms with Gasteiger partial charge in [-0.3, -0.25) is 9.20 Å². The molecule has 4 heterocycles. The Kier molecular flexibility index (Phi) is 3.21. The number of hydrogen-bond donors (Lipinski definition) is 0. The van der Waals surface area contributed by atoms with Crippen molar-refractivity contribution in [1.29, 1.82) is 5.26 Å². The summed E-state index contributed by atoms with van der Waals surface area (Å²) in [5.41, 5.74) is 5.12. The minimum atomic E-state index is -0.00184. The molecule has 1 unspecified atom stereocenters. The number of fused-ring (bicyclic) bond motifs is 4. The largest absolute Gasteiger partial charge is 0.356 e. The molecule has 1 aliphatic carbocycles. The molecular formula is C22H15N5O2. The predicted octanol–water partition coefficient (Wildman–Crippen LogP) is 3.91. The lowest BCUT2D eigenvalue weighted by Gasteiger charge is -2.23. The third kappa shape index (κ3) is 2.32. The van der Waals surface area contributed by atoms with Crippen LogP contribution < -0.4 is 0 Å². The second kappa shape index (κ2) is 5.79. The van der Waals surface area contributed by atoms with Gasteiger partial charge in [-0.15, -0.1) is 0 Å². The monoisotopic (exact) mass is 381 g/mol. The van der Waals surface area contributed by atoms with Crippen molar-refractivity contribution in [3.8, 4) is 17.5 Å². The van der Waals surface area contributed by atoms with E-state index in [-0.39, 0.29) is 5.91 Å². The summed E-state index contributed by atoms with van der Waals surface area (Å²) in [7, 11) is 0. The standard InChI is InChI=1S/C22H15N5O2/c23-9-14-2-6-20-24-10-18(27(20)12-14)21-17-5-3-15(8-19(17)29-25-21)22(28)26-11-13-1-4-16(26)7-13/h2-3,5-6,8,10-12,16H,1,4,7H2. The molecule has 2 aliphatic rings. The molecule has 1 atom stereocenters. The highest BCUT2D eigenvalue weighted by Gasteiger charge is 2.34. The molecule has 0 N–H and O–H groups in total. The van der Waals surface area contributed by atoms with E-state index in [2.05, 4.69) is 16.2 Å². The maximum absolute atomic E-state index is 12.9. The number of pyridine rings is 1. The van der Waals surface area contributed by atoms with Crippen LogP contribution in [-0.4, -0.2) is 31.4 Å². The first-order valence-electron chi connectivity index (χ1n) is 9.50. The zero-order chi connectivity index (χ0) is 19.5. The summed E-state index contributed by atoms with van der Waals surface area (Å²) in [5, 5.41) is 14.2. The first kappa shape index (κ1) is 16.1. The highest BCUT2D eigenvalue weighted by atomic mass is 16.5. The number of amides is 1. The minimum absolute atomic E-state index is 0.00184. The van der Waals surface area contributed by atoms with Crippen molar-refractivity contribution >= 4 is 22.5 Å². The number of carbonyl (C=O) groups excluding carboxylic acids is 1. The molecule has 1 aliphatic heterocycles. The van der Waals surface area contributed by atoms with Crippen LogP contribution in [0.2, 0.25) is 0 Å². The number of benzene rings is 1. The molecular weight excluding hydrogens is 366 g/mol. The van der Waals surface area contributed by atoms with Gasteiger partial charge in [0.25, 0.3) is 5.91 Å². The lowest BCUT2D eigenvalue weighted by atomic mass is 10.1. The molecule has 140 valence electrons. The normalized spacial score (nSPS) is 17.8. The Hall–Kier alpha value is -3.92. The molecule has 29 heavy (non-hydrogen) atoms. The lowest BCUT2D eigenvalue weighted by Crippen LogP contribution is -2.32. The van der Waals surface area contributed by atoms with Gasteiger partial charge in [-0.05, 0) is 49.6 Å². The zero-order valence-electron chi connectivity index (χ0n) is 15.4. The van der Waals surface area contributed by atoms with Crippen molar-refractivity contribution in [2.24, 2.45) is 0 Å². The van der Waals surface area contributed by atoms with Crippen LogP contribution in [0.4, 0.5) is 0 Å². The number of nitrogens with zero attached hydrogens (tertiary/aromatic N) is 5. The van der Waals surface area contributed by atoms with Crippen molar-refractivity contribution in [3.05, 3.63) is 65.6 Å². The smallest absolute Gasteiger partial charge is 0.258 e. The summed E-state index contributed by atoms with van der Waals surface area (Å²) >= 11 is 0. The number of hydrogen-bond acceptors (Lipinski definition) is 5. The van der Waals surface area contributed by atoms with Gasteiger partial charge in [0.15, 0.2) is 5.58 Å². The van der Waals surface area contributed by atoms with Crippen LogP contribution in [0.3, 0.4) is 0 Å². The molecule has 1 fully saturated rings. The van der Waals surface area contributed by atoms with E-state index in [9.17, 15) is 10.1 Å². The quantitative estimate of drug-likeness (QED) is 0.525. The van der Waals surface area contributed by atoms with E-state index in [1.807, 2.05) is 27.6 Å². The highest BCUT2D eigenvalue weighted by Crippen LogP contribution is 2.37. The number of aromatic nitrogens is 3. The van der Waals surface area contributed by atoms with E-state index in [0.29, 0.717) is 28.4 Å². The second-order valence-electron chi connectivity index (χ2n) is 7.54. The summed E-state index contributed by atoms with van der Waals surface area (Å²) < 4.78 is 7.37. The van der Waals surface area contributed by atoms with E-state index in [0.717, 1.165) is 36.0 Å². The van der Waals surface area contributed by atoms with Gasteiger partial charge in [-0.2, -0.15) is 5.26 Å². The number of rotatable bonds is 2. The Balaban J connectivity index is 1.42. The molecule has 3 aromatic heterocycles. The van der Waals surface area contributed by atoms with Crippen LogP contribution >= 0.6 is 0 Å². The average molecular weight is 381 g/mol. The SMILES string of the molecule is N#Cc1ccc2ncc(-c3noc4cc(C(=O)N5C=C6CCC5C6)ccc34)n2c1. The summed E-state index contributed by atoms with van der Waals surface area (Å²) in [6, 6.07) is 11.4. The van der Waals surface area contributed by atoms with Crippen molar-refractivity contribution in [2.75, 3.05) is 0 Å². The van der Waals surface area contributed by atoms with Crippen LogP contribution in [0, 0.1) is 11.3 Å². The molecule has 7 nitrogen and oxygen atoms in total. The van der Waals surface area contributed by atoms with Gasteiger partial charge in [0.2, 0.25) is 0 Å². The van der Waals surface area contributed by atoms with Gasteiger partial charge in [0.05, 0.1) is 22.8 Å². The molecule has 0 saturated heterocycles.